The quantitative estimate of drug-likeness (QED) is 0.838. The lowest BCUT2D eigenvalue weighted by molar-refractivity contribution is -0.127. The smallest absolute Gasteiger partial charge is 0.233 e. The van der Waals surface area contributed by atoms with E-state index in [-0.39, 0.29) is 24.3 Å². The van der Waals surface area contributed by atoms with E-state index in [2.05, 4.69) is 10.6 Å². The number of carbonyl (C=O) groups is 2. The normalized spacial score (nSPS) is 15.7. The molecule has 4 nitrogen and oxygen atoms in total. The average Bonchev–Trinajstić information content (AvgIpc) is 2.42. The highest BCUT2D eigenvalue weighted by Gasteiger charge is 2.17. The number of hydrogen-bond donors (Lipinski definition) is 2. The lowest BCUT2D eigenvalue weighted by Crippen LogP contribution is -2.37. The van der Waals surface area contributed by atoms with E-state index in [9.17, 15) is 9.59 Å². The van der Waals surface area contributed by atoms with Gasteiger partial charge in [0.05, 0.1) is 10.7 Å². The Balaban J connectivity index is 1.79. The van der Waals surface area contributed by atoms with E-state index < -0.39 is 0 Å². The van der Waals surface area contributed by atoms with E-state index >= 15 is 0 Å². The summed E-state index contributed by atoms with van der Waals surface area (Å²) >= 11 is 5.95. The summed E-state index contributed by atoms with van der Waals surface area (Å²) in [4.78, 5) is 23.6. The van der Waals surface area contributed by atoms with Crippen molar-refractivity contribution in [2.45, 2.75) is 44.6 Å². The minimum atomic E-state index is -0.341. The Kier molecular flexibility index (Phi) is 5.41. The van der Waals surface area contributed by atoms with Crippen LogP contribution in [0.1, 0.15) is 38.5 Å². The van der Waals surface area contributed by atoms with Gasteiger partial charge in [0.25, 0.3) is 0 Å². The number of benzene rings is 1. The largest absolute Gasteiger partial charge is 0.353 e. The predicted octanol–water partition coefficient (Wildman–Crippen LogP) is 3.12. The van der Waals surface area contributed by atoms with Gasteiger partial charge in [-0.2, -0.15) is 0 Å². The highest BCUT2D eigenvalue weighted by atomic mass is 35.5. The Morgan fingerprint density at radius 3 is 2.50 bits per heavy atom. The van der Waals surface area contributed by atoms with Crippen LogP contribution in [0.5, 0.6) is 0 Å². The number of hydrogen-bond acceptors (Lipinski definition) is 2. The summed E-state index contributed by atoms with van der Waals surface area (Å²) in [6.45, 7) is 0. The fourth-order valence-corrected chi connectivity index (χ4v) is 2.61. The molecule has 0 atom stereocenters. The Bertz CT molecular complexity index is 485. The Morgan fingerprint density at radius 2 is 1.80 bits per heavy atom. The van der Waals surface area contributed by atoms with Crippen molar-refractivity contribution < 1.29 is 9.59 Å². The third-order valence-electron chi connectivity index (χ3n) is 3.44. The van der Waals surface area contributed by atoms with E-state index in [1.54, 1.807) is 24.3 Å². The van der Waals surface area contributed by atoms with Gasteiger partial charge >= 0.3 is 0 Å². The van der Waals surface area contributed by atoms with Gasteiger partial charge in [-0.25, -0.2) is 0 Å². The molecule has 5 heteroatoms. The third kappa shape index (κ3) is 4.53. The first-order valence-electron chi connectivity index (χ1n) is 6.99. The molecule has 0 aromatic heterocycles. The maximum absolute atomic E-state index is 11.8. The van der Waals surface area contributed by atoms with Crippen molar-refractivity contribution in [2.24, 2.45) is 0 Å². The van der Waals surface area contributed by atoms with Crippen LogP contribution in [0.15, 0.2) is 24.3 Å². The summed E-state index contributed by atoms with van der Waals surface area (Å²) in [6, 6.07) is 7.19. The summed E-state index contributed by atoms with van der Waals surface area (Å²) in [7, 11) is 0. The monoisotopic (exact) mass is 294 g/mol. The molecule has 1 aromatic rings. The second-order valence-electron chi connectivity index (χ2n) is 5.11. The number of rotatable bonds is 4. The van der Waals surface area contributed by atoms with Gasteiger partial charge in [-0.05, 0) is 25.0 Å². The number of para-hydroxylation sites is 1. The van der Waals surface area contributed by atoms with Crippen LogP contribution in [0, 0.1) is 0 Å². The van der Waals surface area contributed by atoms with Gasteiger partial charge < -0.3 is 10.6 Å². The summed E-state index contributed by atoms with van der Waals surface area (Å²) in [5.74, 6) is -0.562. The predicted molar refractivity (Wildman–Crippen MR) is 79.7 cm³/mol. The average molecular weight is 295 g/mol. The van der Waals surface area contributed by atoms with Gasteiger partial charge in [-0.1, -0.05) is 43.0 Å². The molecule has 1 saturated carbocycles. The standard InChI is InChI=1S/C15H19ClN2O2/c16-12-8-4-5-9-13(12)18-15(20)10-14(19)17-11-6-2-1-3-7-11/h4-5,8-9,11H,1-3,6-7,10H2,(H,17,19)(H,18,20). The minimum Gasteiger partial charge on any atom is -0.353 e. The highest BCUT2D eigenvalue weighted by Crippen LogP contribution is 2.20. The molecule has 20 heavy (non-hydrogen) atoms. The Labute approximate surface area is 123 Å². The molecule has 0 heterocycles. The van der Waals surface area contributed by atoms with Gasteiger partial charge in [0, 0.05) is 6.04 Å². The first kappa shape index (κ1) is 14.9. The molecule has 1 aliphatic carbocycles. The van der Waals surface area contributed by atoms with E-state index in [0.29, 0.717) is 10.7 Å². The van der Waals surface area contributed by atoms with Gasteiger partial charge in [-0.15, -0.1) is 0 Å². The van der Waals surface area contributed by atoms with Crippen molar-refractivity contribution in [3.63, 3.8) is 0 Å². The summed E-state index contributed by atoms with van der Waals surface area (Å²) in [5, 5.41) is 6.03. The van der Waals surface area contributed by atoms with Crippen molar-refractivity contribution in [3.8, 4) is 0 Å². The van der Waals surface area contributed by atoms with Crippen LogP contribution >= 0.6 is 11.6 Å². The summed E-state index contributed by atoms with van der Waals surface area (Å²) in [6.07, 6.45) is 5.39. The van der Waals surface area contributed by atoms with Gasteiger partial charge in [0.1, 0.15) is 6.42 Å². The van der Waals surface area contributed by atoms with Gasteiger partial charge in [0.15, 0.2) is 0 Å². The second kappa shape index (κ2) is 7.29. The van der Waals surface area contributed by atoms with E-state index in [0.717, 1.165) is 25.7 Å². The van der Waals surface area contributed by atoms with Crippen LogP contribution in [0.25, 0.3) is 0 Å². The van der Waals surface area contributed by atoms with E-state index in [1.165, 1.54) is 6.42 Å². The molecule has 0 radical (unpaired) electrons. The third-order valence-corrected chi connectivity index (χ3v) is 3.77. The zero-order valence-electron chi connectivity index (χ0n) is 11.3. The van der Waals surface area contributed by atoms with Gasteiger partial charge in [0.2, 0.25) is 11.8 Å². The van der Waals surface area contributed by atoms with Crippen LogP contribution in [0.3, 0.4) is 0 Å². The molecule has 0 aliphatic heterocycles. The zero-order chi connectivity index (χ0) is 14.4. The summed E-state index contributed by atoms with van der Waals surface area (Å²) in [5.41, 5.74) is 0.532. The van der Waals surface area contributed by atoms with E-state index in [1.807, 2.05) is 0 Å². The second-order valence-corrected chi connectivity index (χ2v) is 5.51. The maximum Gasteiger partial charge on any atom is 0.233 e. The van der Waals surface area contributed by atoms with Crippen molar-refractivity contribution in [1.82, 2.24) is 5.32 Å². The number of halogens is 1. The van der Waals surface area contributed by atoms with Crippen LogP contribution in [-0.4, -0.2) is 17.9 Å². The molecule has 2 rings (SSSR count). The molecule has 2 N–H and O–H groups in total. The van der Waals surface area contributed by atoms with Gasteiger partial charge in [-0.3, -0.25) is 9.59 Å². The number of carbonyl (C=O) groups excluding carboxylic acids is 2. The molecule has 0 spiro atoms. The first-order valence-corrected chi connectivity index (χ1v) is 7.36. The topological polar surface area (TPSA) is 58.2 Å². The molecule has 0 bridgehead atoms. The molecule has 1 fully saturated rings. The lowest BCUT2D eigenvalue weighted by Gasteiger charge is -2.22. The molecule has 108 valence electrons. The van der Waals surface area contributed by atoms with Crippen molar-refractivity contribution in [1.29, 1.82) is 0 Å². The zero-order valence-corrected chi connectivity index (χ0v) is 12.1. The SMILES string of the molecule is O=C(CC(=O)NC1CCCCC1)Nc1ccccc1Cl. The molecule has 0 saturated heterocycles. The van der Waals surface area contributed by atoms with Crippen LogP contribution in [0.2, 0.25) is 5.02 Å². The van der Waals surface area contributed by atoms with E-state index in [4.69, 9.17) is 11.6 Å². The minimum absolute atomic E-state index is 0.165. The van der Waals surface area contributed by atoms with Crippen LogP contribution in [0.4, 0.5) is 5.69 Å². The number of nitrogens with one attached hydrogen (secondary N) is 2. The highest BCUT2D eigenvalue weighted by molar-refractivity contribution is 6.33. The molecule has 1 aromatic carbocycles. The number of anilines is 1. The maximum atomic E-state index is 11.8. The lowest BCUT2D eigenvalue weighted by atomic mass is 9.95. The molecular formula is C15H19ClN2O2. The summed E-state index contributed by atoms with van der Waals surface area (Å²) < 4.78 is 0. The van der Waals surface area contributed by atoms with Crippen LogP contribution in [-0.2, 0) is 9.59 Å². The molecule has 1 aliphatic rings. The fourth-order valence-electron chi connectivity index (χ4n) is 2.43. The Hall–Kier alpha value is -1.55. The van der Waals surface area contributed by atoms with Crippen LogP contribution < -0.4 is 10.6 Å². The first-order chi connectivity index (χ1) is 9.65. The Morgan fingerprint density at radius 1 is 1.10 bits per heavy atom. The van der Waals surface area contributed by atoms with Crippen molar-refractivity contribution in [3.05, 3.63) is 29.3 Å². The molecular weight excluding hydrogens is 276 g/mol. The van der Waals surface area contributed by atoms with Crippen molar-refractivity contribution in [2.75, 3.05) is 5.32 Å². The number of amides is 2. The fraction of sp³-hybridized carbons (Fsp3) is 0.467. The van der Waals surface area contributed by atoms with Crippen molar-refractivity contribution >= 4 is 29.1 Å². The molecule has 0 unspecified atom stereocenters. The molecule has 2 amide bonds.